The number of nitrogens with one attached hydrogen (secondary N) is 1. The predicted molar refractivity (Wildman–Crippen MR) is 76.9 cm³/mol. The molecule has 0 bridgehead atoms. The highest BCUT2D eigenvalue weighted by atomic mass is 16.5. The van der Waals surface area contributed by atoms with Gasteiger partial charge in [0.1, 0.15) is 11.5 Å². The molecule has 106 valence electrons. The van der Waals surface area contributed by atoms with E-state index in [4.69, 9.17) is 14.2 Å². The largest absolute Gasteiger partial charge is 0.497 e. The summed E-state index contributed by atoms with van der Waals surface area (Å²) in [6.45, 7) is 8.52. The van der Waals surface area contributed by atoms with Gasteiger partial charge in [-0.15, -0.1) is 0 Å². The molecule has 0 aliphatic heterocycles. The van der Waals surface area contributed by atoms with Gasteiger partial charge in [-0.3, -0.25) is 0 Å². The lowest BCUT2D eigenvalue weighted by Gasteiger charge is -2.11. The molecule has 0 saturated heterocycles. The highest BCUT2D eigenvalue weighted by Gasteiger charge is 2.04. The van der Waals surface area contributed by atoms with Crippen molar-refractivity contribution >= 4 is 0 Å². The molecule has 0 heterocycles. The van der Waals surface area contributed by atoms with Crippen LogP contribution in [-0.2, 0) is 11.3 Å². The molecular formula is C15H23NO3. The number of ether oxygens (including phenoxy) is 3. The Balaban J connectivity index is 2.37. The molecule has 1 aromatic carbocycles. The molecule has 1 rings (SSSR count). The monoisotopic (exact) mass is 265 g/mol. The van der Waals surface area contributed by atoms with Crippen LogP contribution in [0.25, 0.3) is 0 Å². The van der Waals surface area contributed by atoms with Crippen molar-refractivity contribution in [1.29, 1.82) is 0 Å². The Hall–Kier alpha value is -1.52. The summed E-state index contributed by atoms with van der Waals surface area (Å²) in [6.07, 6.45) is 0. The molecule has 1 N–H and O–H groups in total. The highest BCUT2D eigenvalue weighted by molar-refractivity contribution is 5.40. The Labute approximate surface area is 115 Å². The van der Waals surface area contributed by atoms with Crippen molar-refractivity contribution in [2.75, 3.05) is 34.0 Å². The smallest absolute Gasteiger partial charge is 0.123 e. The number of hydrogen-bond donors (Lipinski definition) is 1. The molecule has 0 aromatic heterocycles. The second-order valence-electron chi connectivity index (χ2n) is 4.36. The summed E-state index contributed by atoms with van der Waals surface area (Å²) in [6, 6.07) is 5.77. The van der Waals surface area contributed by atoms with E-state index in [1.165, 1.54) is 0 Å². The molecule has 0 aliphatic rings. The highest BCUT2D eigenvalue weighted by Crippen LogP contribution is 2.23. The van der Waals surface area contributed by atoms with Gasteiger partial charge in [-0.05, 0) is 25.1 Å². The van der Waals surface area contributed by atoms with Gasteiger partial charge >= 0.3 is 0 Å². The van der Waals surface area contributed by atoms with Gasteiger partial charge in [0.2, 0.25) is 0 Å². The lowest BCUT2D eigenvalue weighted by atomic mass is 10.2. The van der Waals surface area contributed by atoms with Crippen LogP contribution in [-0.4, -0.2) is 34.0 Å². The van der Waals surface area contributed by atoms with Gasteiger partial charge in [0.25, 0.3) is 0 Å². The third-order valence-electron chi connectivity index (χ3n) is 2.57. The first-order chi connectivity index (χ1) is 9.17. The van der Waals surface area contributed by atoms with Crippen molar-refractivity contribution in [2.24, 2.45) is 0 Å². The Morgan fingerprint density at radius 1 is 1.26 bits per heavy atom. The SMILES string of the molecule is C=C(C)COCCNCc1cc(OC)ccc1OC. The molecular weight excluding hydrogens is 242 g/mol. The average Bonchev–Trinajstić information content (AvgIpc) is 2.42. The maximum atomic E-state index is 5.42. The summed E-state index contributed by atoms with van der Waals surface area (Å²) in [5.41, 5.74) is 2.11. The number of rotatable bonds is 9. The van der Waals surface area contributed by atoms with Gasteiger partial charge in [-0.2, -0.15) is 0 Å². The molecule has 0 atom stereocenters. The van der Waals surface area contributed by atoms with E-state index >= 15 is 0 Å². The first kappa shape index (κ1) is 15.5. The van der Waals surface area contributed by atoms with Crippen molar-refractivity contribution in [3.05, 3.63) is 35.9 Å². The van der Waals surface area contributed by atoms with Gasteiger partial charge in [-0.25, -0.2) is 0 Å². The van der Waals surface area contributed by atoms with Crippen molar-refractivity contribution in [1.82, 2.24) is 5.32 Å². The van der Waals surface area contributed by atoms with E-state index in [-0.39, 0.29) is 0 Å². The van der Waals surface area contributed by atoms with Crippen molar-refractivity contribution < 1.29 is 14.2 Å². The van der Waals surface area contributed by atoms with Crippen LogP contribution < -0.4 is 14.8 Å². The standard InChI is InChI=1S/C15H23NO3/c1-12(2)11-19-8-7-16-10-13-9-14(17-3)5-6-15(13)18-4/h5-6,9,16H,1,7-8,10-11H2,2-4H3. The molecule has 4 nitrogen and oxygen atoms in total. The zero-order chi connectivity index (χ0) is 14.1. The van der Waals surface area contributed by atoms with E-state index in [9.17, 15) is 0 Å². The molecule has 1 aromatic rings. The Kier molecular flexibility index (Phi) is 7.00. The summed E-state index contributed by atoms with van der Waals surface area (Å²) in [7, 11) is 3.33. The molecule has 0 unspecified atom stereocenters. The third kappa shape index (κ3) is 5.77. The predicted octanol–water partition coefficient (Wildman–Crippen LogP) is 2.39. The quantitative estimate of drug-likeness (QED) is 0.550. The minimum absolute atomic E-state index is 0.615. The Bertz CT molecular complexity index is 404. The summed E-state index contributed by atoms with van der Waals surface area (Å²) in [5.74, 6) is 1.69. The minimum Gasteiger partial charge on any atom is -0.497 e. The van der Waals surface area contributed by atoms with Crippen molar-refractivity contribution in [3.8, 4) is 11.5 Å². The fourth-order valence-corrected chi connectivity index (χ4v) is 1.63. The van der Waals surface area contributed by atoms with Crippen LogP contribution in [0.3, 0.4) is 0 Å². The van der Waals surface area contributed by atoms with Crippen LogP contribution in [0, 0.1) is 0 Å². The molecule has 0 spiro atoms. The maximum Gasteiger partial charge on any atom is 0.123 e. The maximum absolute atomic E-state index is 5.42. The molecule has 0 saturated carbocycles. The Morgan fingerprint density at radius 2 is 2.05 bits per heavy atom. The van der Waals surface area contributed by atoms with Gasteiger partial charge in [-0.1, -0.05) is 12.2 Å². The van der Waals surface area contributed by atoms with Crippen LogP contribution in [0.5, 0.6) is 11.5 Å². The van der Waals surface area contributed by atoms with Crippen molar-refractivity contribution in [2.45, 2.75) is 13.5 Å². The van der Waals surface area contributed by atoms with Gasteiger partial charge < -0.3 is 19.5 Å². The first-order valence-corrected chi connectivity index (χ1v) is 6.31. The van der Waals surface area contributed by atoms with E-state index in [1.54, 1.807) is 14.2 Å². The molecule has 0 radical (unpaired) electrons. The second-order valence-corrected chi connectivity index (χ2v) is 4.36. The lowest BCUT2D eigenvalue weighted by molar-refractivity contribution is 0.157. The summed E-state index contributed by atoms with van der Waals surface area (Å²) < 4.78 is 15.9. The van der Waals surface area contributed by atoms with Crippen LogP contribution >= 0.6 is 0 Å². The second kappa shape index (κ2) is 8.56. The number of methoxy groups -OCH3 is 2. The van der Waals surface area contributed by atoms with Gasteiger partial charge in [0.05, 0.1) is 27.4 Å². The van der Waals surface area contributed by atoms with E-state index in [0.717, 1.165) is 35.7 Å². The fourth-order valence-electron chi connectivity index (χ4n) is 1.63. The number of hydrogen-bond acceptors (Lipinski definition) is 4. The van der Waals surface area contributed by atoms with Crippen LogP contribution in [0.4, 0.5) is 0 Å². The van der Waals surface area contributed by atoms with Gasteiger partial charge in [0.15, 0.2) is 0 Å². The zero-order valence-electron chi connectivity index (χ0n) is 12.0. The third-order valence-corrected chi connectivity index (χ3v) is 2.57. The van der Waals surface area contributed by atoms with E-state index in [1.807, 2.05) is 25.1 Å². The zero-order valence-corrected chi connectivity index (χ0v) is 12.0. The summed E-state index contributed by atoms with van der Waals surface area (Å²) in [4.78, 5) is 0. The molecule has 0 amide bonds. The lowest BCUT2D eigenvalue weighted by Crippen LogP contribution is -2.20. The summed E-state index contributed by atoms with van der Waals surface area (Å²) in [5, 5.41) is 3.31. The molecule has 0 aliphatic carbocycles. The van der Waals surface area contributed by atoms with Gasteiger partial charge in [0, 0.05) is 18.7 Å². The Morgan fingerprint density at radius 3 is 2.68 bits per heavy atom. The number of benzene rings is 1. The van der Waals surface area contributed by atoms with E-state index in [0.29, 0.717) is 13.2 Å². The fraction of sp³-hybridized carbons (Fsp3) is 0.467. The average molecular weight is 265 g/mol. The summed E-state index contributed by atoms with van der Waals surface area (Å²) >= 11 is 0. The van der Waals surface area contributed by atoms with Crippen LogP contribution in [0.2, 0.25) is 0 Å². The van der Waals surface area contributed by atoms with Crippen LogP contribution in [0.15, 0.2) is 30.4 Å². The topological polar surface area (TPSA) is 39.7 Å². The minimum atomic E-state index is 0.615. The van der Waals surface area contributed by atoms with E-state index < -0.39 is 0 Å². The normalized spacial score (nSPS) is 10.3. The molecule has 19 heavy (non-hydrogen) atoms. The van der Waals surface area contributed by atoms with E-state index in [2.05, 4.69) is 11.9 Å². The molecule has 4 heteroatoms. The van der Waals surface area contributed by atoms with Crippen molar-refractivity contribution in [3.63, 3.8) is 0 Å². The molecule has 0 fully saturated rings. The first-order valence-electron chi connectivity index (χ1n) is 6.31. The van der Waals surface area contributed by atoms with Crippen LogP contribution in [0.1, 0.15) is 12.5 Å².